The molecule has 1 aromatic carbocycles. The first-order valence-corrected chi connectivity index (χ1v) is 6.56. The lowest BCUT2D eigenvalue weighted by atomic mass is 9.96. The maximum absolute atomic E-state index is 9.36. The van der Waals surface area contributed by atoms with Crippen LogP contribution in [0.1, 0.15) is 51.4 Å². The van der Waals surface area contributed by atoms with Crippen LogP contribution in [-0.4, -0.2) is 21.7 Å². The number of hydrogen-bond acceptors (Lipinski definition) is 2. The molecule has 18 heavy (non-hydrogen) atoms. The third-order valence-corrected chi connectivity index (χ3v) is 3.40. The minimum absolute atomic E-state index is 0.0281. The summed E-state index contributed by atoms with van der Waals surface area (Å²) in [6, 6.07) is 6.22. The van der Waals surface area contributed by atoms with Gasteiger partial charge < -0.3 is 10.1 Å². The number of aliphatic hydroxyl groups is 1. The Balaban J connectivity index is 2.45. The predicted molar refractivity (Wildman–Crippen MR) is 74.9 cm³/mol. The predicted octanol–water partition coefficient (Wildman–Crippen LogP) is 3.35. The summed E-state index contributed by atoms with van der Waals surface area (Å²) < 4.78 is 0. The molecule has 0 aliphatic heterocycles. The first-order chi connectivity index (χ1) is 8.45. The van der Waals surface area contributed by atoms with Crippen molar-refractivity contribution in [3.8, 4) is 0 Å². The molecule has 2 aromatic rings. The van der Waals surface area contributed by atoms with Crippen LogP contribution in [0.15, 0.2) is 18.2 Å². The molecule has 3 nitrogen and oxygen atoms in total. The van der Waals surface area contributed by atoms with Gasteiger partial charge in [0.2, 0.25) is 0 Å². The first-order valence-electron chi connectivity index (χ1n) is 6.56. The van der Waals surface area contributed by atoms with Gasteiger partial charge in [0, 0.05) is 17.9 Å². The molecule has 0 aliphatic rings. The van der Waals surface area contributed by atoms with Gasteiger partial charge in [0.15, 0.2) is 0 Å². The van der Waals surface area contributed by atoms with E-state index in [0.717, 1.165) is 23.3 Å². The van der Waals surface area contributed by atoms with Crippen LogP contribution in [0.2, 0.25) is 0 Å². The summed E-state index contributed by atoms with van der Waals surface area (Å²) in [4.78, 5) is 8.00. The van der Waals surface area contributed by atoms with Gasteiger partial charge >= 0.3 is 0 Å². The molecular formula is C15H22N2O. The van der Waals surface area contributed by atoms with E-state index in [0.29, 0.717) is 0 Å². The Morgan fingerprint density at radius 1 is 1.33 bits per heavy atom. The Hall–Kier alpha value is -1.35. The van der Waals surface area contributed by atoms with Crippen LogP contribution in [0.4, 0.5) is 0 Å². The monoisotopic (exact) mass is 246 g/mol. The lowest BCUT2D eigenvalue weighted by Crippen LogP contribution is -2.12. The largest absolute Gasteiger partial charge is 0.396 e. The fraction of sp³-hybridized carbons (Fsp3) is 0.533. The number of nitrogens with zero attached hydrogens (tertiary/aromatic N) is 1. The van der Waals surface area contributed by atoms with Gasteiger partial charge in [-0.15, -0.1) is 0 Å². The second kappa shape index (κ2) is 4.73. The van der Waals surface area contributed by atoms with Crippen molar-refractivity contribution in [1.82, 2.24) is 9.97 Å². The van der Waals surface area contributed by atoms with Crippen molar-refractivity contribution >= 4 is 11.0 Å². The second-order valence-electron chi connectivity index (χ2n) is 5.90. The number of benzene rings is 1. The summed E-state index contributed by atoms with van der Waals surface area (Å²) in [5.74, 6) is 1.22. The normalized spacial score (nSPS) is 14.1. The fourth-order valence-electron chi connectivity index (χ4n) is 2.11. The summed E-state index contributed by atoms with van der Waals surface area (Å²) in [7, 11) is 0. The van der Waals surface area contributed by atoms with E-state index in [1.165, 1.54) is 5.56 Å². The van der Waals surface area contributed by atoms with Crippen LogP contribution in [0.3, 0.4) is 0 Å². The zero-order valence-corrected chi connectivity index (χ0v) is 11.6. The molecule has 0 aliphatic carbocycles. The highest BCUT2D eigenvalue weighted by Crippen LogP contribution is 2.26. The molecule has 1 atom stereocenters. The van der Waals surface area contributed by atoms with Crippen molar-refractivity contribution in [2.24, 2.45) is 0 Å². The van der Waals surface area contributed by atoms with Crippen LogP contribution in [0.5, 0.6) is 0 Å². The van der Waals surface area contributed by atoms with Gasteiger partial charge in [0.25, 0.3) is 0 Å². The first kappa shape index (κ1) is 13.1. The van der Waals surface area contributed by atoms with Crippen LogP contribution in [0, 0.1) is 0 Å². The van der Waals surface area contributed by atoms with Crippen LogP contribution < -0.4 is 0 Å². The van der Waals surface area contributed by atoms with Crippen molar-refractivity contribution in [2.75, 3.05) is 6.61 Å². The standard InChI is InChI=1S/C15H22N2O/c1-5-10(9-18)11-6-7-12-13(8-11)17-14(16-12)15(2,3)4/h6-8,10,18H,5,9H2,1-4H3,(H,16,17). The minimum atomic E-state index is 0.0281. The zero-order chi connectivity index (χ0) is 13.3. The summed E-state index contributed by atoms with van der Waals surface area (Å²) in [5, 5.41) is 9.36. The summed E-state index contributed by atoms with van der Waals surface area (Å²) in [6.45, 7) is 8.73. The third kappa shape index (κ3) is 2.41. The number of aromatic amines is 1. The maximum atomic E-state index is 9.36. The van der Waals surface area contributed by atoms with Gasteiger partial charge in [-0.1, -0.05) is 33.8 Å². The molecule has 1 aromatic heterocycles. The Morgan fingerprint density at radius 2 is 2.06 bits per heavy atom. The fourth-order valence-corrected chi connectivity index (χ4v) is 2.11. The molecule has 0 spiro atoms. The lowest BCUT2D eigenvalue weighted by molar-refractivity contribution is 0.262. The van der Waals surface area contributed by atoms with Crippen molar-refractivity contribution in [3.63, 3.8) is 0 Å². The van der Waals surface area contributed by atoms with Crippen molar-refractivity contribution < 1.29 is 5.11 Å². The molecule has 0 radical (unpaired) electrons. The highest BCUT2D eigenvalue weighted by atomic mass is 16.3. The van der Waals surface area contributed by atoms with Crippen molar-refractivity contribution in [1.29, 1.82) is 0 Å². The Labute approximate surface area is 108 Å². The lowest BCUT2D eigenvalue weighted by Gasteiger charge is -2.13. The van der Waals surface area contributed by atoms with Crippen molar-refractivity contribution in [2.45, 2.75) is 45.4 Å². The Kier molecular flexibility index (Phi) is 3.44. The topological polar surface area (TPSA) is 48.9 Å². The minimum Gasteiger partial charge on any atom is -0.396 e. The highest BCUT2D eigenvalue weighted by molar-refractivity contribution is 5.76. The SMILES string of the molecule is CCC(CO)c1ccc2nc(C(C)(C)C)[nH]c2c1. The van der Waals surface area contributed by atoms with E-state index >= 15 is 0 Å². The number of rotatable bonds is 3. The molecule has 0 fully saturated rings. The molecule has 98 valence electrons. The quantitative estimate of drug-likeness (QED) is 0.872. The van der Waals surface area contributed by atoms with E-state index in [4.69, 9.17) is 0 Å². The van der Waals surface area contributed by atoms with Crippen molar-refractivity contribution in [3.05, 3.63) is 29.6 Å². The van der Waals surface area contributed by atoms with Gasteiger partial charge in [-0.05, 0) is 24.1 Å². The third-order valence-electron chi connectivity index (χ3n) is 3.40. The summed E-state index contributed by atoms with van der Waals surface area (Å²) >= 11 is 0. The molecule has 1 unspecified atom stereocenters. The number of imidazole rings is 1. The zero-order valence-electron chi connectivity index (χ0n) is 11.6. The van der Waals surface area contributed by atoms with E-state index in [1.807, 2.05) is 6.07 Å². The molecule has 0 saturated carbocycles. The number of aliphatic hydroxyl groups excluding tert-OH is 1. The highest BCUT2D eigenvalue weighted by Gasteiger charge is 2.18. The van der Waals surface area contributed by atoms with Crippen LogP contribution in [-0.2, 0) is 5.41 Å². The maximum Gasteiger partial charge on any atom is 0.112 e. The Morgan fingerprint density at radius 3 is 2.61 bits per heavy atom. The Bertz CT molecular complexity index is 533. The van der Waals surface area contributed by atoms with Crippen LogP contribution >= 0.6 is 0 Å². The number of H-pyrrole nitrogens is 1. The van der Waals surface area contributed by atoms with E-state index in [2.05, 4.69) is 49.8 Å². The molecule has 1 heterocycles. The van der Waals surface area contributed by atoms with Gasteiger partial charge in [-0.25, -0.2) is 4.98 Å². The molecule has 2 N–H and O–H groups in total. The number of fused-ring (bicyclic) bond motifs is 1. The smallest absolute Gasteiger partial charge is 0.112 e. The summed E-state index contributed by atoms with van der Waals surface area (Å²) in [6.07, 6.45) is 0.947. The van der Waals surface area contributed by atoms with Gasteiger partial charge in [0.05, 0.1) is 11.0 Å². The summed E-state index contributed by atoms with van der Waals surface area (Å²) in [5.41, 5.74) is 3.26. The number of nitrogens with one attached hydrogen (secondary N) is 1. The van der Waals surface area contributed by atoms with E-state index in [1.54, 1.807) is 0 Å². The van der Waals surface area contributed by atoms with Gasteiger partial charge in [-0.3, -0.25) is 0 Å². The molecule has 3 heteroatoms. The van der Waals surface area contributed by atoms with Gasteiger partial charge in [0.1, 0.15) is 5.82 Å². The van der Waals surface area contributed by atoms with Crippen LogP contribution in [0.25, 0.3) is 11.0 Å². The number of hydrogen-bond donors (Lipinski definition) is 2. The number of aromatic nitrogens is 2. The molecular weight excluding hydrogens is 224 g/mol. The molecule has 0 bridgehead atoms. The molecule has 0 saturated heterocycles. The molecule has 0 amide bonds. The molecule has 2 rings (SSSR count). The average Bonchev–Trinajstić information content (AvgIpc) is 2.73. The van der Waals surface area contributed by atoms with Gasteiger partial charge in [-0.2, -0.15) is 0 Å². The average molecular weight is 246 g/mol. The van der Waals surface area contributed by atoms with E-state index < -0.39 is 0 Å². The van der Waals surface area contributed by atoms with E-state index in [-0.39, 0.29) is 17.9 Å². The van der Waals surface area contributed by atoms with E-state index in [9.17, 15) is 5.11 Å². The second-order valence-corrected chi connectivity index (χ2v) is 5.90.